The second-order valence-electron chi connectivity index (χ2n) is 7.02. The lowest BCUT2D eigenvalue weighted by molar-refractivity contribution is -0.178. The van der Waals surface area contributed by atoms with Crippen molar-refractivity contribution in [1.29, 1.82) is 0 Å². The van der Waals surface area contributed by atoms with E-state index in [1.807, 2.05) is 0 Å². The molecule has 1 fully saturated rings. The van der Waals surface area contributed by atoms with Gasteiger partial charge in [-0.05, 0) is 38.5 Å². The van der Waals surface area contributed by atoms with Crippen LogP contribution in [0.15, 0.2) is 47.6 Å². The smallest absolute Gasteiger partial charge is 0.334 e. The van der Waals surface area contributed by atoms with Gasteiger partial charge in [0.1, 0.15) is 18.3 Å². The summed E-state index contributed by atoms with van der Waals surface area (Å²) >= 11 is 0. The first-order chi connectivity index (χ1) is 11.6. The molecule has 0 aromatic rings. The van der Waals surface area contributed by atoms with Gasteiger partial charge in [-0.15, -0.1) is 0 Å². The third kappa shape index (κ3) is 3.07. The van der Waals surface area contributed by atoms with Crippen LogP contribution in [0, 0.1) is 5.92 Å². The Hall–Kier alpha value is -2.18. The lowest BCUT2D eigenvalue weighted by Crippen LogP contribution is -2.41. The molecule has 0 aromatic heterocycles. The number of aliphatic hydroxyl groups is 1. The number of hydrogen-bond donors (Lipinski definition) is 1. The standard InChI is InChI=1S/C19H22O6/c1-9(2)17(20)23-13-6-10(3)7-19(22)8-11(4)15(25-19)16-14(13)12(5)18(21)24-16/h7-8,13-16,22H,1,5-6H2,2-4H3/b10-7+/t13-,14+,15-,16-,19+/m0/s1. The van der Waals surface area contributed by atoms with Gasteiger partial charge in [-0.3, -0.25) is 0 Å². The first kappa shape index (κ1) is 17.6. The van der Waals surface area contributed by atoms with Crippen molar-refractivity contribution in [1.82, 2.24) is 0 Å². The van der Waals surface area contributed by atoms with Crippen molar-refractivity contribution in [2.45, 2.75) is 51.3 Å². The first-order valence-electron chi connectivity index (χ1n) is 8.15. The van der Waals surface area contributed by atoms with E-state index in [-0.39, 0.29) is 11.1 Å². The van der Waals surface area contributed by atoms with Gasteiger partial charge in [-0.2, -0.15) is 0 Å². The summed E-state index contributed by atoms with van der Waals surface area (Å²) in [4.78, 5) is 24.2. The van der Waals surface area contributed by atoms with E-state index in [2.05, 4.69) is 13.2 Å². The lowest BCUT2D eigenvalue weighted by Gasteiger charge is -2.30. The van der Waals surface area contributed by atoms with Crippen LogP contribution in [0.4, 0.5) is 0 Å². The van der Waals surface area contributed by atoms with Gasteiger partial charge < -0.3 is 19.3 Å². The van der Waals surface area contributed by atoms with Gasteiger partial charge in [0, 0.05) is 17.6 Å². The highest BCUT2D eigenvalue weighted by molar-refractivity contribution is 5.91. The Morgan fingerprint density at radius 2 is 2.08 bits per heavy atom. The Labute approximate surface area is 146 Å². The average Bonchev–Trinajstić information content (AvgIpc) is 2.95. The van der Waals surface area contributed by atoms with Gasteiger partial charge in [0.25, 0.3) is 0 Å². The highest BCUT2D eigenvalue weighted by atomic mass is 16.7. The summed E-state index contributed by atoms with van der Waals surface area (Å²) < 4.78 is 16.8. The van der Waals surface area contributed by atoms with Crippen molar-refractivity contribution in [3.05, 3.63) is 47.6 Å². The van der Waals surface area contributed by atoms with E-state index in [1.54, 1.807) is 32.9 Å². The predicted molar refractivity (Wildman–Crippen MR) is 89.2 cm³/mol. The molecule has 6 nitrogen and oxygen atoms in total. The maximum absolute atomic E-state index is 12.1. The van der Waals surface area contributed by atoms with Crippen LogP contribution in [0.2, 0.25) is 0 Å². The van der Waals surface area contributed by atoms with Crippen molar-refractivity contribution < 1.29 is 28.9 Å². The van der Waals surface area contributed by atoms with E-state index in [9.17, 15) is 14.7 Å². The second-order valence-corrected chi connectivity index (χ2v) is 7.02. The monoisotopic (exact) mass is 346 g/mol. The zero-order valence-electron chi connectivity index (χ0n) is 14.6. The molecule has 5 atom stereocenters. The first-order valence-corrected chi connectivity index (χ1v) is 8.15. The highest BCUT2D eigenvalue weighted by Crippen LogP contribution is 2.43. The minimum atomic E-state index is -1.56. The largest absolute Gasteiger partial charge is 0.458 e. The van der Waals surface area contributed by atoms with Crippen LogP contribution < -0.4 is 0 Å². The average molecular weight is 346 g/mol. The van der Waals surface area contributed by atoms with Crippen LogP contribution in [0.25, 0.3) is 0 Å². The van der Waals surface area contributed by atoms with Crippen LogP contribution >= 0.6 is 0 Å². The highest BCUT2D eigenvalue weighted by Gasteiger charge is 2.53. The van der Waals surface area contributed by atoms with Crippen molar-refractivity contribution in [2.24, 2.45) is 5.92 Å². The Bertz CT molecular complexity index is 730. The molecule has 0 radical (unpaired) electrons. The molecule has 3 rings (SSSR count). The normalized spacial score (nSPS) is 39.2. The minimum absolute atomic E-state index is 0.242. The lowest BCUT2D eigenvalue weighted by atomic mass is 9.83. The minimum Gasteiger partial charge on any atom is -0.458 e. The SMILES string of the molecule is C=C(C)C(=O)O[C@H]1C/C(C)=C/[C@]2(O)C=C(C)[C@H](O2)[C@H]2OC(=O)C(=C)[C@@H]21. The second kappa shape index (κ2) is 5.97. The fraction of sp³-hybridized carbons (Fsp3) is 0.474. The molecule has 3 aliphatic heterocycles. The van der Waals surface area contributed by atoms with E-state index < -0.39 is 42.0 Å². The van der Waals surface area contributed by atoms with E-state index in [4.69, 9.17) is 14.2 Å². The van der Waals surface area contributed by atoms with Crippen LogP contribution in [-0.2, 0) is 23.8 Å². The van der Waals surface area contributed by atoms with Crippen molar-refractivity contribution in [3.8, 4) is 0 Å². The Kier molecular flexibility index (Phi) is 4.21. The van der Waals surface area contributed by atoms with Gasteiger partial charge in [0.05, 0.1) is 5.92 Å². The molecule has 2 bridgehead atoms. The molecule has 3 aliphatic rings. The van der Waals surface area contributed by atoms with Crippen molar-refractivity contribution >= 4 is 11.9 Å². The number of fused-ring (bicyclic) bond motifs is 4. The van der Waals surface area contributed by atoms with Crippen LogP contribution in [0.5, 0.6) is 0 Å². The summed E-state index contributed by atoms with van der Waals surface area (Å²) in [7, 11) is 0. The number of esters is 2. The van der Waals surface area contributed by atoms with Gasteiger partial charge in [0.15, 0.2) is 0 Å². The van der Waals surface area contributed by atoms with Crippen LogP contribution in [0.3, 0.4) is 0 Å². The van der Waals surface area contributed by atoms with Gasteiger partial charge >= 0.3 is 11.9 Å². The molecule has 6 heteroatoms. The molecule has 3 heterocycles. The predicted octanol–water partition coefficient (Wildman–Crippen LogP) is 1.96. The summed E-state index contributed by atoms with van der Waals surface area (Å²) in [6.45, 7) is 12.6. The zero-order valence-corrected chi connectivity index (χ0v) is 14.6. The van der Waals surface area contributed by atoms with E-state index in [0.29, 0.717) is 6.42 Å². The summed E-state index contributed by atoms with van der Waals surface area (Å²) in [6, 6.07) is 0. The quantitative estimate of drug-likeness (QED) is 0.468. The Balaban J connectivity index is 2.05. The van der Waals surface area contributed by atoms with Gasteiger partial charge in [-0.25, -0.2) is 9.59 Å². The number of hydrogen-bond acceptors (Lipinski definition) is 6. The van der Waals surface area contributed by atoms with Gasteiger partial charge in [0.2, 0.25) is 5.79 Å². The molecule has 134 valence electrons. The van der Waals surface area contributed by atoms with E-state index in [0.717, 1.165) is 11.1 Å². The molecule has 0 saturated carbocycles. The molecule has 0 aromatic carbocycles. The molecule has 0 aliphatic carbocycles. The molecule has 0 amide bonds. The number of carbonyl (C=O) groups is 2. The van der Waals surface area contributed by atoms with E-state index >= 15 is 0 Å². The van der Waals surface area contributed by atoms with Crippen LogP contribution in [0.1, 0.15) is 27.2 Å². The molecular weight excluding hydrogens is 324 g/mol. The third-order valence-corrected chi connectivity index (χ3v) is 4.74. The Morgan fingerprint density at radius 3 is 2.72 bits per heavy atom. The van der Waals surface area contributed by atoms with E-state index in [1.165, 1.54) is 0 Å². The summed E-state index contributed by atoms with van der Waals surface area (Å²) in [5, 5.41) is 10.6. The summed E-state index contributed by atoms with van der Waals surface area (Å²) in [5.74, 6) is -3.21. The molecular formula is C19H22O6. The van der Waals surface area contributed by atoms with Gasteiger partial charge in [-0.1, -0.05) is 18.7 Å². The number of ether oxygens (including phenoxy) is 3. The zero-order chi connectivity index (χ0) is 18.5. The number of carbonyl (C=O) groups excluding carboxylic acids is 2. The molecule has 1 saturated heterocycles. The molecule has 0 unspecified atom stereocenters. The number of rotatable bonds is 2. The summed E-state index contributed by atoms with van der Waals surface area (Å²) in [5.41, 5.74) is 2.02. The van der Waals surface area contributed by atoms with Crippen LogP contribution in [-0.4, -0.2) is 41.1 Å². The van der Waals surface area contributed by atoms with Crippen molar-refractivity contribution in [3.63, 3.8) is 0 Å². The topological polar surface area (TPSA) is 82.1 Å². The Morgan fingerprint density at radius 1 is 1.40 bits per heavy atom. The molecule has 25 heavy (non-hydrogen) atoms. The fourth-order valence-corrected chi connectivity index (χ4v) is 3.64. The molecule has 0 spiro atoms. The summed E-state index contributed by atoms with van der Waals surface area (Å²) in [6.07, 6.45) is 1.50. The maximum Gasteiger partial charge on any atom is 0.334 e. The fourth-order valence-electron chi connectivity index (χ4n) is 3.64. The molecule has 1 N–H and O–H groups in total. The van der Waals surface area contributed by atoms with Crippen molar-refractivity contribution in [2.75, 3.05) is 0 Å². The third-order valence-electron chi connectivity index (χ3n) is 4.74. The maximum atomic E-state index is 12.1.